The first kappa shape index (κ1) is 11.9. The Balaban J connectivity index is 2.12. The number of hydrogen-bond acceptors (Lipinski definition) is 5. The first-order valence-electron chi connectivity index (χ1n) is 5.48. The van der Waals surface area contributed by atoms with Gasteiger partial charge in [0.25, 0.3) is 11.1 Å². The summed E-state index contributed by atoms with van der Waals surface area (Å²) in [5, 5.41) is 2.68. The minimum atomic E-state index is -0.384. The predicted molar refractivity (Wildman–Crippen MR) is 71.9 cm³/mol. The van der Waals surface area contributed by atoms with Gasteiger partial charge in [-0.3, -0.25) is 14.9 Å². The Morgan fingerprint density at radius 2 is 2.16 bits per heavy atom. The summed E-state index contributed by atoms with van der Waals surface area (Å²) >= 11 is 0.878. The number of benzene rings is 1. The van der Waals surface area contributed by atoms with Gasteiger partial charge in [0.05, 0.1) is 23.7 Å². The van der Waals surface area contributed by atoms with E-state index in [4.69, 9.17) is 9.15 Å². The molecule has 2 heterocycles. The van der Waals surface area contributed by atoms with E-state index >= 15 is 0 Å². The van der Waals surface area contributed by atoms with Gasteiger partial charge in [-0.2, -0.15) is 0 Å². The fourth-order valence-electron chi connectivity index (χ4n) is 1.91. The van der Waals surface area contributed by atoms with Crippen LogP contribution in [0.15, 0.2) is 33.8 Å². The Morgan fingerprint density at radius 3 is 2.84 bits per heavy atom. The van der Waals surface area contributed by atoms with E-state index < -0.39 is 0 Å². The van der Waals surface area contributed by atoms with E-state index in [-0.39, 0.29) is 11.1 Å². The number of furan rings is 1. The molecule has 96 valence electrons. The van der Waals surface area contributed by atoms with Crippen molar-refractivity contribution >= 4 is 40.0 Å². The molecule has 19 heavy (non-hydrogen) atoms. The van der Waals surface area contributed by atoms with Gasteiger partial charge in [0.2, 0.25) is 0 Å². The van der Waals surface area contributed by atoms with Crippen LogP contribution in [-0.2, 0) is 4.79 Å². The predicted octanol–water partition coefficient (Wildman–Crippen LogP) is 2.77. The zero-order chi connectivity index (χ0) is 13.4. The highest BCUT2D eigenvalue weighted by Gasteiger charge is 2.25. The molecule has 3 rings (SSSR count). The molecule has 1 saturated heterocycles. The molecule has 0 atom stereocenters. The Bertz CT molecular complexity index is 717. The molecule has 2 amide bonds. The van der Waals surface area contributed by atoms with Crippen LogP contribution in [0.4, 0.5) is 4.79 Å². The van der Waals surface area contributed by atoms with Gasteiger partial charge in [-0.05, 0) is 36.0 Å². The fraction of sp³-hybridized carbons (Fsp3) is 0.0769. The molecule has 1 aromatic heterocycles. The van der Waals surface area contributed by atoms with Crippen LogP contribution in [0.5, 0.6) is 5.75 Å². The Hall–Kier alpha value is -2.21. The monoisotopic (exact) mass is 275 g/mol. The summed E-state index contributed by atoms with van der Waals surface area (Å²) in [6.07, 6.45) is 3.19. The third-order valence-electron chi connectivity index (χ3n) is 2.76. The van der Waals surface area contributed by atoms with Gasteiger partial charge in [-0.15, -0.1) is 0 Å². The van der Waals surface area contributed by atoms with E-state index in [1.165, 1.54) is 0 Å². The zero-order valence-electron chi connectivity index (χ0n) is 9.93. The summed E-state index contributed by atoms with van der Waals surface area (Å²) in [5.74, 6) is 0.316. The molecule has 1 aliphatic rings. The summed E-state index contributed by atoms with van der Waals surface area (Å²) < 4.78 is 10.6. The number of methoxy groups -OCH3 is 1. The third-order valence-corrected chi connectivity index (χ3v) is 3.57. The van der Waals surface area contributed by atoms with Crippen molar-refractivity contribution in [1.29, 1.82) is 0 Å². The van der Waals surface area contributed by atoms with Crippen LogP contribution in [0.25, 0.3) is 17.0 Å². The van der Waals surface area contributed by atoms with Crippen LogP contribution in [0, 0.1) is 0 Å². The molecule has 1 aromatic carbocycles. The van der Waals surface area contributed by atoms with Gasteiger partial charge in [-0.1, -0.05) is 0 Å². The number of ether oxygens (including phenoxy) is 1. The summed E-state index contributed by atoms with van der Waals surface area (Å²) in [7, 11) is 1.58. The number of carbonyl (C=O) groups excluding carboxylic acids is 2. The number of imide groups is 1. The molecule has 6 heteroatoms. The fourth-order valence-corrected chi connectivity index (χ4v) is 2.58. The molecule has 0 saturated carbocycles. The SMILES string of the molecule is COc1ccc(/C=C2\SC(=O)NC2=O)c2occc12. The Kier molecular flexibility index (Phi) is 2.79. The number of amides is 2. The quantitative estimate of drug-likeness (QED) is 0.853. The number of nitrogens with one attached hydrogen (secondary N) is 1. The zero-order valence-corrected chi connectivity index (χ0v) is 10.7. The normalized spacial score (nSPS) is 17.2. The standard InChI is InChI=1S/C13H9NO4S/c1-17-9-3-2-7(11-8(9)4-5-18-11)6-10-12(15)14-13(16)19-10/h2-6H,1H3,(H,14,15,16)/b10-6-. The lowest BCUT2D eigenvalue weighted by atomic mass is 10.1. The molecule has 1 N–H and O–H groups in total. The topological polar surface area (TPSA) is 68.5 Å². The van der Waals surface area contributed by atoms with Crippen LogP contribution < -0.4 is 10.1 Å². The average Bonchev–Trinajstić information content (AvgIpc) is 2.97. The van der Waals surface area contributed by atoms with Crippen molar-refractivity contribution in [1.82, 2.24) is 5.32 Å². The lowest BCUT2D eigenvalue weighted by molar-refractivity contribution is -0.115. The van der Waals surface area contributed by atoms with E-state index in [0.29, 0.717) is 16.2 Å². The van der Waals surface area contributed by atoms with Crippen molar-refractivity contribution in [2.24, 2.45) is 0 Å². The van der Waals surface area contributed by atoms with Crippen molar-refractivity contribution in [2.75, 3.05) is 7.11 Å². The molecule has 1 aliphatic heterocycles. The number of hydrogen-bond donors (Lipinski definition) is 1. The van der Waals surface area contributed by atoms with E-state index in [0.717, 1.165) is 22.7 Å². The van der Waals surface area contributed by atoms with Gasteiger partial charge in [-0.25, -0.2) is 0 Å². The van der Waals surface area contributed by atoms with Crippen LogP contribution in [0.2, 0.25) is 0 Å². The molecule has 0 aliphatic carbocycles. The Morgan fingerprint density at radius 1 is 1.32 bits per heavy atom. The van der Waals surface area contributed by atoms with Gasteiger partial charge in [0.1, 0.15) is 11.3 Å². The van der Waals surface area contributed by atoms with E-state index in [9.17, 15) is 9.59 Å². The Labute approximate surface area is 112 Å². The highest BCUT2D eigenvalue weighted by Crippen LogP contribution is 2.33. The molecule has 5 nitrogen and oxygen atoms in total. The second-order valence-corrected chi connectivity index (χ2v) is 4.89. The molecule has 0 radical (unpaired) electrons. The van der Waals surface area contributed by atoms with Gasteiger partial charge >= 0.3 is 0 Å². The molecular weight excluding hydrogens is 266 g/mol. The largest absolute Gasteiger partial charge is 0.496 e. The van der Waals surface area contributed by atoms with Crippen LogP contribution in [0.1, 0.15) is 5.56 Å². The minimum Gasteiger partial charge on any atom is -0.496 e. The number of thioether (sulfide) groups is 1. The maximum Gasteiger partial charge on any atom is 0.290 e. The first-order valence-corrected chi connectivity index (χ1v) is 6.30. The van der Waals surface area contributed by atoms with Crippen molar-refractivity contribution in [3.8, 4) is 5.75 Å². The van der Waals surface area contributed by atoms with Gasteiger partial charge in [0, 0.05) is 5.56 Å². The highest BCUT2D eigenvalue weighted by atomic mass is 32.2. The van der Waals surface area contributed by atoms with Crippen LogP contribution >= 0.6 is 11.8 Å². The third kappa shape index (κ3) is 2.00. The number of carbonyl (C=O) groups is 2. The smallest absolute Gasteiger partial charge is 0.290 e. The second-order valence-electron chi connectivity index (χ2n) is 3.87. The average molecular weight is 275 g/mol. The molecule has 0 unspecified atom stereocenters. The van der Waals surface area contributed by atoms with E-state index in [1.807, 2.05) is 0 Å². The van der Waals surface area contributed by atoms with Crippen LogP contribution in [-0.4, -0.2) is 18.3 Å². The lowest BCUT2D eigenvalue weighted by Crippen LogP contribution is -2.17. The molecule has 2 aromatic rings. The molecule has 0 bridgehead atoms. The van der Waals surface area contributed by atoms with E-state index in [2.05, 4.69) is 5.32 Å². The summed E-state index contributed by atoms with van der Waals surface area (Å²) in [5.41, 5.74) is 1.35. The summed E-state index contributed by atoms with van der Waals surface area (Å²) in [4.78, 5) is 23.0. The second kappa shape index (κ2) is 4.47. The summed E-state index contributed by atoms with van der Waals surface area (Å²) in [6, 6.07) is 5.38. The number of fused-ring (bicyclic) bond motifs is 1. The summed E-state index contributed by atoms with van der Waals surface area (Å²) in [6.45, 7) is 0. The van der Waals surface area contributed by atoms with Crippen LogP contribution in [0.3, 0.4) is 0 Å². The lowest BCUT2D eigenvalue weighted by Gasteiger charge is -2.03. The molecule has 0 spiro atoms. The maximum atomic E-state index is 11.5. The molecule has 1 fully saturated rings. The van der Waals surface area contributed by atoms with Crippen molar-refractivity contribution in [3.05, 3.63) is 34.9 Å². The maximum absolute atomic E-state index is 11.5. The van der Waals surface area contributed by atoms with Gasteiger partial charge in [0.15, 0.2) is 0 Å². The van der Waals surface area contributed by atoms with Crippen molar-refractivity contribution < 1.29 is 18.7 Å². The van der Waals surface area contributed by atoms with E-state index in [1.54, 1.807) is 37.6 Å². The highest BCUT2D eigenvalue weighted by molar-refractivity contribution is 8.18. The minimum absolute atomic E-state index is 0.355. The number of rotatable bonds is 2. The van der Waals surface area contributed by atoms with Crippen molar-refractivity contribution in [2.45, 2.75) is 0 Å². The van der Waals surface area contributed by atoms with Gasteiger partial charge < -0.3 is 9.15 Å². The van der Waals surface area contributed by atoms with Crippen molar-refractivity contribution in [3.63, 3.8) is 0 Å². The first-order chi connectivity index (χ1) is 9.19. The molecular formula is C13H9NO4S.